The lowest BCUT2D eigenvalue weighted by molar-refractivity contribution is -0.126. The SMILES string of the molecule is O=C(NCC(O)c1cccc(F)c1)C1COCCN1. The van der Waals surface area contributed by atoms with Crippen molar-refractivity contribution in [2.45, 2.75) is 12.1 Å². The van der Waals surface area contributed by atoms with E-state index in [1.54, 1.807) is 6.07 Å². The number of aliphatic hydroxyl groups excluding tert-OH is 1. The second kappa shape index (κ2) is 6.60. The third kappa shape index (κ3) is 3.99. The summed E-state index contributed by atoms with van der Waals surface area (Å²) in [5.74, 6) is -0.639. The molecule has 1 aromatic rings. The number of nitrogens with one attached hydrogen (secondary N) is 2. The minimum atomic E-state index is -0.927. The average Bonchev–Trinajstić information content (AvgIpc) is 2.45. The highest BCUT2D eigenvalue weighted by molar-refractivity contribution is 5.82. The lowest BCUT2D eigenvalue weighted by Gasteiger charge is -2.23. The van der Waals surface area contributed by atoms with Crippen molar-refractivity contribution in [1.82, 2.24) is 10.6 Å². The number of rotatable bonds is 4. The average molecular weight is 268 g/mol. The van der Waals surface area contributed by atoms with Crippen LogP contribution in [0.1, 0.15) is 11.7 Å². The Balaban J connectivity index is 1.82. The first-order chi connectivity index (χ1) is 9.16. The second-order valence-corrected chi connectivity index (χ2v) is 4.40. The van der Waals surface area contributed by atoms with Gasteiger partial charge in [-0.25, -0.2) is 4.39 Å². The molecule has 1 aliphatic rings. The molecule has 19 heavy (non-hydrogen) atoms. The number of amides is 1. The van der Waals surface area contributed by atoms with Crippen LogP contribution < -0.4 is 10.6 Å². The molecule has 0 radical (unpaired) electrons. The van der Waals surface area contributed by atoms with Gasteiger partial charge >= 0.3 is 0 Å². The van der Waals surface area contributed by atoms with Crippen LogP contribution in [0.5, 0.6) is 0 Å². The van der Waals surface area contributed by atoms with Crippen LogP contribution in [0, 0.1) is 5.82 Å². The zero-order valence-corrected chi connectivity index (χ0v) is 10.4. The predicted octanol–water partition coefficient (Wildman–Crippen LogP) is -0.0363. The van der Waals surface area contributed by atoms with E-state index in [9.17, 15) is 14.3 Å². The molecule has 0 spiro atoms. The Hall–Kier alpha value is -1.50. The minimum absolute atomic E-state index is 0.0421. The van der Waals surface area contributed by atoms with E-state index in [0.717, 1.165) is 0 Å². The highest BCUT2D eigenvalue weighted by Gasteiger charge is 2.21. The van der Waals surface area contributed by atoms with E-state index >= 15 is 0 Å². The fraction of sp³-hybridized carbons (Fsp3) is 0.462. The van der Waals surface area contributed by atoms with E-state index < -0.39 is 18.0 Å². The molecule has 5 nitrogen and oxygen atoms in total. The molecule has 1 saturated heterocycles. The molecule has 0 saturated carbocycles. The van der Waals surface area contributed by atoms with E-state index in [2.05, 4.69) is 10.6 Å². The number of halogens is 1. The topological polar surface area (TPSA) is 70.6 Å². The van der Waals surface area contributed by atoms with Gasteiger partial charge in [-0.1, -0.05) is 12.1 Å². The van der Waals surface area contributed by atoms with Crippen LogP contribution >= 0.6 is 0 Å². The maximum Gasteiger partial charge on any atom is 0.239 e. The van der Waals surface area contributed by atoms with Crippen molar-refractivity contribution < 1.29 is 19.0 Å². The first kappa shape index (κ1) is 13.9. The molecular formula is C13H17FN2O3. The normalized spacial score (nSPS) is 20.8. The molecule has 1 aliphatic heterocycles. The van der Waals surface area contributed by atoms with Crippen LogP contribution in [0.3, 0.4) is 0 Å². The third-order valence-corrected chi connectivity index (χ3v) is 2.94. The van der Waals surface area contributed by atoms with E-state index in [1.165, 1.54) is 18.2 Å². The van der Waals surface area contributed by atoms with E-state index in [-0.39, 0.29) is 12.5 Å². The minimum Gasteiger partial charge on any atom is -0.387 e. The van der Waals surface area contributed by atoms with Gasteiger partial charge in [0.25, 0.3) is 0 Å². The Bertz CT molecular complexity index is 436. The van der Waals surface area contributed by atoms with Gasteiger partial charge in [0.15, 0.2) is 0 Å². The summed E-state index contributed by atoms with van der Waals surface area (Å²) >= 11 is 0. The second-order valence-electron chi connectivity index (χ2n) is 4.40. The summed E-state index contributed by atoms with van der Waals surface area (Å²) < 4.78 is 18.2. The molecule has 2 unspecified atom stereocenters. The van der Waals surface area contributed by atoms with Crippen molar-refractivity contribution in [2.75, 3.05) is 26.3 Å². The van der Waals surface area contributed by atoms with E-state index in [0.29, 0.717) is 25.3 Å². The van der Waals surface area contributed by atoms with Gasteiger partial charge in [-0.05, 0) is 17.7 Å². The molecule has 2 atom stereocenters. The van der Waals surface area contributed by atoms with Gasteiger partial charge < -0.3 is 20.5 Å². The molecule has 1 amide bonds. The number of carbonyl (C=O) groups is 1. The van der Waals surface area contributed by atoms with Crippen molar-refractivity contribution in [3.8, 4) is 0 Å². The fourth-order valence-corrected chi connectivity index (χ4v) is 1.89. The van der Waals surface area contributed by atoms with Gasteiger partial charge in [-0.15, -0.1) is 0 Å². The zero-order chi connectivity index (χ0) is 13.7. The van der Waals surface area contributed by atoms with Crippen LogP contribution in [0.2, 0.25) is 0 Å². The maximum atomic E-state index is 13.0. The van der Waals surface area contributed by atoms with Crippen molar-refractivity contribution in [1.29, 1.82) is 0 Å². The molecule has 6 heteroatoms. The summed E-state index contributed by atoms with van der Waals surface area (Å²) in [5.41, 5.74) is 0.438. The molecule has 2 rings (SSSR count). The number of hydrogen-bond donors (Lipinski definition) is 3. The Labute approximate surface area is 110 Å². The standard InChI is InChI=1S/C13H17FN2O3/c14-10-3-1-2-9(6-10)12(17)7-16-13(18)11-8-19-5-4-15-11/h1-3,6,11-12,15,17H,4-5,7-8H2,(H,16,18). The number of hydrogen-bond acceptors (Lipinski definition) is 4. The Morgan fingerprint density at radius 3 is 3.16 bits per heavy atom. The molecule has 0 bridgehead atoms. The van der Waals surface area contributed by atoms with E-state index in [1.807, 2.05) is 0 Å². The molecule has 1 aromatic carbocycles. The first-order valence-electron chi connectivity index (χ1n) is 6.19. The van der Waals surface area contributed by atoms with Crippen molar-refractivity contribution in [2.24, 2.45) is 0 Å². The summed E-state index contributed by atoms with van der Waals surface area (Å²) in [7, 11) is 0. The first-order valence-corrected chi connectivity index (χ1v) is 6.19. The van der Waals surface area contributed by atoms with Crippen LogP contribution in [0.4, 0.5) is 4.39 Å². The quantitative estimate of drug-likeness (QED) is 0.717. The monoisotopic (exact) mass is 268 g/mol. The van der Waals surface area contributed by atoms with Gasteiger partial charge in [-0.2, -0.15) is 0 Å². The molecule has 104 valence electrons. The number of morpholine rings is 1. The Morgan fingerprint density at radius 2 is 2.47 bits per heavy atom. The fourth-order valence-electron chi connectivity index (χ4n) is 1.89. The lowest BCUT2D eigenvalue weighted by atomic mass is 10.1. The number of ether oxygens (including phenoxy) is 1. The van der Waals surface area contributed by atoms with E-state index in [4.69, 9.17) is 4.74 Å². The number of aliphatic hydroxyl groups is 1. The summed E-state index contributed by atoms with van der Waals surface area (Å²) in [4.78, 5) is 11.8. The molecule has 1 fully saturated rings. The largest absolute Gasteiger partial charge is 0.387 e. The predicted molar refractivity (Wildman–Crippen MR) is 67.0 cm³/mol. The number of benzene rings is 1. The summed E-state index contributed by atoms with van der Waals surface area (Å²) in [6.07, 6.45) is -0.927. The maximum absolute atomic E-state index is 13.0. The smallest absolute Gasteiger partial charge is 0.239 e. The van der Waals surface area contributed by atoms with Crippen molar-refractivity contribution in [3.63, 3.8) is 0 Å². The third-order valence-electron chi connectivity index (χ3n) is 2.94. The van der Waals surface area contributed by atoms with Gasteiger partial charge in [0.1, 0.15) is 11.9 Å². The van der Waals surface area contributed by atoms with Gasteiger partial charge in [-0.3, -0.25) is 4.79 Å². The van der Waals surface area contributed by atoms with Crippen LogP contribution in [0.15, 0.2) is 24.3 Å². The summed E-state index contributed by atoms with van der Waals surface area (Å²) in [6.45, 7) is 1.59. The Morgan fingerprint density at radius 1 is 1.63 bits per heavy atom. The Kier molecular flexibility index (Phi) is 4.84. The molecule has 0 aromatic heterocycles. The highest BCUT2D eigenvalue weighted by atomic mass is 19.1. The van der Waals surface area contributed by atoms with Crippen LogP contribution in [0.25, 0.3) is 0 Å². The molecule has 1 heterocycles. The van der Waals surface area contributed by atoms with Crippen molar-refractivity contribution >= 4 is 5.91 Å². The molecule has 3 N–H and O–H groups in total. The summed E-state index contributed by atoms with van der Waals surface area (Å²) in [5, 5.41) is 15.5. The highest BCUT2D eigenvalue weighted by Crippen LogP contribution is 2.13. The van der Waals surface area contributed by atoms with Crippen LogP contribution in [-0.2, 0) is 9.53 Å². The summed E-state index contributed by atoms with van der Waals surface area (Å²) in [6, 6.07) is 5.29. The van der Waals surface area contributed by atoms with Gasteiger partial charge in [0.05, 0.1) is 19.3 Å². The molecule has 0 aliphatic carbocycles. The molecular weight excluding hydrogens is 251 g/mol. The van der Waals surface area contributed by atoms with Gasteiger partial charge in [0, 0.05) is 13.1 Å². The zero-order valence-electron chi connectivity index (χ0n) is 10.4. The number of carbonyl (C=O) groups excluding carboxylic acids is 1. The lowest BCUT2D eigenvalue weighted by Crippen LogP contribution is -2.51. The van der Waals surface area contributed by atoms with Gasteiger partial charge in [0.2, 0.25) is 5.91 Å². The van der Waals surface area contributed by atoms with Crippen LogP contribution in [-0.4, -0.2) is 43.4 Å². The van der Waals surface area contributed by atoms with Crippen molar-refractivity contribution in [3.05, 3.63) is 35.6 Å².